The molecule has 0 radical (unpaired) electrons. The van der Waals surface area contributed by atoms with Crippen molar-refractivity contribution in [3.8, 4) is 5.75 Å². The van der Waals surface area contributed by atoms with Crippen LogP contribution in [0.4, 0.5) is 9.18 Å². The van der Waals surface area contributed by atoms with Crippen molar-refractivity contribution in [1.82, 2.24) is 10.2 Å². The van der Waals surface area contributed by atoms with E-state index < -0.39 is 5.54 Å². The zero-order chi connectivity index (χ0) is 18.9. The van der Waals surface area contributed by atoms with Crippen LogP contribution < -0.4 is 10.1 Å². The van der Waals surface area contributed by atoms with E-state index in [0.717, 1.165) is 30.4 Å². The Bertz CT molecular complexity index is 868. The molecule has 140 valence electrons. The highest BCUT2D eigenvalue weighted by atomic mass is 19.1. The summed E-state index contributed by atoms with van der Waals surface area (Å²) in [5.41, 5.74) is 1.05. The highest BCUT2D eigenvalue weighted by Crippen LogP contribution is 2.38. The lowest BCUT2D eigenvalue weighted by atomic mass is 9.84. The third-order valence-corrected chi connectivity index (χ3v) is 5.30. The van der Waals surface area contributed by atoms with Crippen LogP contribution in [0.25, 0.3) is 0 Å². The van der Waals surface area contributed by atoms with Crippen molar-refractivity contribution in [3.05, 3.63) is 65.5 Å². The van der Waals surface area contributed by atoms with Crippen LogP contribution in [0.2, 0.25) is 0 Å². The number of carbonyl (C=O) groups excluding carboxylic acids is 2. The number of ether oxygens (including phenoxy) is 1. The summed E-state index contributed by atoms with van der Waals surface area (Å²) in [4.78, 5) is 27.0. The number of carbonyl (C=O) groups is 2. The number of amides is 3. The Kier molecular flexibility index (Phi) is 4.56. The average Bonchev–Trinajstić information content (AvgIpc) is 2.82. The number of urea groups is 1. The normalized spacial score (nSPS) is 21.7. The van der Waals surface area contributed by atoms with Gasteiger partial charge in [0.05, 0.1) is 6.54 Å². The van der Waals surface area contributed by atoms with Crippen LogP contribution in [0.1, 0.15) is 30.4 Å². The molecule has 1 N–H and O–H groups in total. The second-order valence-electron chi connectivity index (χ2n) is 6.96. The van der Waals surface area contributed by atoms with E-state index in [9.17, 15) is 14.0 Å². The highest BCUT2D eigenvalue weighted by molar-refractivity contribution is 6.07. The standard InChI is InChI=1S/C21H21FN2O3/c22-16-8-10-17(11-9-16)27-14-13-24-19(25)21(23-20(24)26)12-4-3-6-15-5-1-2-7-18(15)21/h1-2,5,7-11H,3-4,6,12-14H2,(H,23,26)/t21-/m0/s1. The van der Waals surface area contributed by atoms with E-state index in [0.29, 0.717) is 12.2 Å². The Labute approximate surface area is 157 Å². The Morgan fingerprint density at radius 3 is 2.67 bits per heavy atom. The molecule has 0 aromatic heterocycles. The van der Waals surface area contributed by atoms with Crippen molar-refractivity contribution in [2.24, 2.45) is 0 Å². The van der Waals surface area contributed by atoms with E-state index in [2.05, 4.69) is 5.32 Å². The Morgan fingerprint density at radius 2 is 1.85 bits per heavy atom. The summed E-state index contributed by atoms with van der Waals surface area (Å²) in [6.07, 6.45) is 3.38. The predicted molar refractivity (Wildman–Crippen MR) is 97.8 cm³/mol. The molecule has 3 amide bonds. The number of hydrogen-bond acceptors (Lipinski definition) is 3. The monoisotopic (exact) mass is 368 g/mol. The van der Waals surface area contributed by atoms with Gasteiger partial charge in [-0.25, -0.2) is 9.18 Å². The summed E-state index contributed by atoms with van der Waals surface area (Å²) >= 11 is 0. The van der Waals surface area contributed by atoms with Crippen molar-refractivity contribution in [2.45, 2.75) is 31.2 Å². The van der Waals surface area contributed by atoms with Crippen LogP contribution in [0.15, 0.2) is 48.5 Å². The summed E-state index contributed by atoms with van der Waals surface area (Å²) in [6, 6.07) is 13.1. The molecule has 2 aromatic rings. The van der Waals surface area contributed by atoms with E-state index in [4.69, 9.17) is 4.74 Å². The maximum atomic E-state index is 13.2. The van der Waals surface area contributed by atoms with Gasteiger partial charge in [-0.1, -0.05) is 24.3 Å². The fourth-order valence-electron chi connectivity index (χ4n) is 3.96. The number of nitrogens with one attached hydrogen (secondary N) is 1. The first-order valence-electron chi connectivity index (χ1n) is 9.21. The number of fused-ring (bicyclic) bond motifs is 2. The van der Waals surface area contributed by atoms with Gasteiger partial charge in [0, 0.05) is 0 Å². The van der Waals surface area contributed by atoms with Crippen molar-refractivity contribution in [2.75, 3.05) is 13.2 Å². The quantitative estimate of drug-likeness (QED) is 0.842. The maximum Gasteiger partial charge on any atom is 0.325 e. The van der Waals surface area contributed by atoms with Crippen LogP contribution >= 0.6 is 0 Å². The molecule has 2 aromatic carbocycles. The van der Waals surface area contributed by atoms with E-state index >= 15 is 0 Å². The first-order chi connectivity index (χ1) is 13.1. The third kappa shape index (κ3) is 3.16. The lowest BCUT2D eigenvalue weighted by Gasteiger charge is -2.27. The highest BCUT2D eigenvalue weighted by Gasteiger charge is 2.53. The molecule has 1 heterocycles. The molecule has 0 saturated carbocycles. The van der Waals surface area contributed by atoms with Gasteiger partial charge < -0.3 is 10.1 Å². The number of aryl methyl sites for hydroxylation is 1. The predicted octanol–water partition coefficient (Wildman–Crippen LogP) is 3.38. The zero-order valence-electron chi connectivity index (χ0n) is 14.9. The van der Waals surface area contributed by atoms with Gasteiger partial charge in [-0.05, 0) is 61.1 Å². The Hall–Kier alpha value is -2.89. The summed E-state index contributed by atoms with van der Waals surface area (Å²) in [6.45, 7) is 0.300. The van der Waals surface area contributed by atoms with Crippen LogP contribution in [-0.2, 0) is 16.8 Å². The van der Waals surface area contributed by atoms with Crippen molar-refractivity contribution in [1.29, 1.82) is 0 Å². The number of benzene rings is 2. The molecule has 1 fully saturated rings. The van der Waals surface area contributed by atoms with E-state index in [1.165, 1.54) is 29.2 Å². The average molecular weight is 368 g/mol. The van der Waals surface area contributed by atoms with Gasteiger partial charge in [-0.3, -0.25) is 9.69 Å². The van der Waals surface area contributed by atoms with Gasteiger partial charge in [0.15, 0.2) is 0 Å². The summed E-state index contributed by atoms with van der Waals surface area (Å²) < 4.78 is 18.5. The van der Waals surface area contributed by atoms with Gasteiger partial charge in [0.1, 0.15) is 23.7 Å². The topological polar surface area (TPSA) is 58.6 Å². The minimum Gasteiger partial charge on any atom is -0.492 e. The largest absolute Gasteiger partial charge is 0.492 e. The second kappa shape index (κ2) is 7.02. The molecular weight excluding hydrogens is 347 g/mol. The lowest BCUT2D eigenvalue weighted by Crippen LogP contribution is -2.44. The van der Waals surface area contributed by atoms with E-state index in [1.54, 1.807) is 0 Å². The molecule has 1 spiro atoms. The number of hydrogen-bond donors (Lipinski definition) is 1. The second-order valence-corrected chi connectivity index (χ2v) is 6.96. The zero-order valence-corrected chi connectivity index (χ0v) is 14.9. The van der Waals surface area contributed by atoms with E-state index in [-0.39, 0.29) is 30.9 Å². The Morgan fingerprint density at radius 1 is 1.07 bits per heavy atom. The molecule has 0 bridgehead atoms. The van der Waals surface area contributed by atoms with Crippen LogP contribution in [0, 0.1) is 5.82 Å². The molecule has 4 rings (SSSR count). The van der Waals surface area contributed by atoms with Crippen molar-refractivity contribution < 1.29 is 18.7 Å². The van der Waals surface area contributed by atoms with Crippen molar-refractivity contribution in [3.63, 3.8) is 0 Å². The van der Waals surface area contributed by atoms with Gasteiger partial charge in [-0.15, -0.1) is 0 Å². The fourth-order valence-corrected chi connectivity index (χ4v) is 3.96. The molecule has 1 saturated heterocycles. The first kappa shape index (κ1) is 17.5. The number of halogens is 1. The fraction of sp³-hybridized carbons (Fsp3) is 0.333. The molecule has 27 heavy (non-hydrogen) atoms. The van der Waals surface area contributed by atoms with Gasteiger partial charge in [0.2, 0.25) is 0 Å². The number of nitrogens with zero attached hydrogens (tertiary/aromatic N) is 1. The molecule has 6 heteroatoms. The molecular formula is C21H21FN2O3. The van der Waals surface area contributed by atoms with Gasteiger partial charge >= 0.3 is 6.03 Å². The van der Waals surface area contributed by atoms with Gasteiger partial charge in [-0.2, -0.15) is 0 Å². The number of imide groups is 1. The summed E-state index contributed by atoms with van der Waals surface area (Å²) in [5.74, 6) is -0.0621. The smallest absolute Gasteiger partial charge is 0.325 e. The van der Waals surface area contributed by atoms with Gasteiger partial charge in [0.25, 0.3) is 5.91 Å². The third-order valence-electron chi connectivity index (χ3n) is 5.30. The Balaban J connectivity index is 1.51. The molecule has 1 aliphatic carbocycles. The minimum atomic E-state index is -0.972. The number of rotatable bonds is 4. The molecule has 0 unspecified atom stereocenters. The molecule has 1 aliphatic heterocycles. The first-order valence-corrected chi connectivity index (χ1v) is 9.21. The molecule has 2 aliphatic rings. The molecule has 5 nitrogen and oxygen atoms in total. The maximum absolute atomic E-state index is 13.2. The lowest BCUT2D eigenvalue weighted by molar-refractivity contribution is -0.132. The SMILES string of the molecule is O=C1N[C@]2(CCCCc3ccccc32)C(=O)N1CCOc1ccc(F)cc1. The summed E-state index contributed by atoms with van der Waals surface area (Å²) in [7, 11) is 0. The van der Waals surface area contributed by atoms with E-state index in [1.807, 2.05) is 24.3 Å². The molecule has 1 atom stereocenters. The van der Waals surface area contributed by atoms with Crippen LogP contribution in [0.3, 0.4) is 0 Å². The van der Waals surface area contributed by atoms with Crippen LogP contribution in [0.5, 0.6) is 5.75 Å². The summed E-state index contributed by atoms with van der Waals surface area (Å²) in [5, 5.41) is 2.95. The van der Waals surface area contributed by atoms with Crippen molar-refractivity contribution >= 4 is 11.9 Å². The minimum absolute atomic E-state index is 0.145. The van der Waals surface area contributed by atoms with Crippen LogP contribution in [-0.4, -0.2) is 30.0 Å².